The quantitative estimate of drug-likeness (QED) is 0.461. The molecule has 0 amide bonds. The molecule has 2 aromatic carbocycles. The minimum Gasteiger partial charge on any atom is -0.478 e. The zero-order valence-corrected chi connectivity index (χ0v) is 17.6. The molecule has 1 aliphatic heterocycles. The van der Waals surface area contributed by atoms with E-state index in [1.165, 1.54) is 31.2 Å². The van der Waals surface area contributed by atoms with Crippen LogP contribution in [0.2, 0.25) is 0 Å². The van der Waals surface area contributed by atoms with E-state index in [2.05, 4.69) is 10.1 Å². The molecule has 32 heavy (non-hydrogen) atoms. The number of benzene rings is 2. The molecule has 0 spiro atoms. The third-order valence-corrected chi connectivity index (χ3v) is 5.86. The first-order valence-corrected chi connectivity index (χ1v) is 10.1. The molecule has 2 N–H and O–H groups in total. The van der Waals surface area contributed by atoms with Crippen LogP contribution in [0.15, 0.2) is 65.9 Å². The first-order chi connectivity index (χ1) is 15.1. The Morgan fingerprint density at radius 2 is 1.84 bits per heavy atom. The van der Waals surface area contributed by atoms with Gasteiger partial charge in [-0.3, -0.25) is 10.1 Å². The lowest BCUT2D eigenvalue weighted by Crippen LogP contribution is -2.61. The topological polar surface area (TPSA) is 102 Å². The van der Waals surface area contributed by atoms with Gasteiger partial charge in [0, 0.05) is 16.2 Å². The fraction of sp³-hybridized carbons (Fsp3) is 0.348. The fourth-order valence-corrected chi connectivity index (χ4v) is 4.50. The van der Waals surface area contributed by atoms with E-state index in [1.807, 2.05) is 30.3 Å². The van der Waals surface area contributed by atoms with Crippen LogP contribution in [0, 0.1) is 10.1 Å². The van der Waals surface area contributed by atoms with Crippen molar-refractivity contribution in [3.05, 3.63) is 87.1 Å². The smallest absolute Gasteiger partial charge is 0.387 e. The number of nitrogens with zero attached hydrogens (tertiary/aromatic N) is 1. The van der Waals surface area contributed by atoms with Crippen molar-refractivity contribution in [2.75, 3.05) is 0 Å². The van der Waals surface area contributed by atoms with Crippen molar-refractivity contribution in [3.63, 3.8) is 0 Å². The summed E-state index contributed by atoms with van der Waals surface area (Å²) in [6, 6.07) is 13.6. The summed E-state index contributed by atoms with van der Waals surface area (Å²) in [7, 11) is 0. The van der Waals surface area contributed by atoms with Crippen LogP contribution < -0.4 is 10.1 Å². The Labute approximate surface area is 183 Å². The van der Waals surface area contributed by atoms with Gasteiger partial charge in [-0.05, 0) is 38.3 Å². The summed E-state index contributed by atoms with van der Waals surface area (Å²) in [6.07, 6.45) is 0.827. The summed E-state index contributed by atoms with van der Waals surface area (Å²) in [6.45, 7) is 0.0359. The van der Waals surface area contributed by atoms with Crippen molar-refractivity contribution in [2.24, 2.45) is 0 Å². The van der Waals surface area contributed by atoms with Crippen molar-refractivity contribution < 1.29 is 28.3 Å². The number of nitrogens with one attached hydrogen (secondary N) is 1. The van der Waals surface area contributed by atoms with Gasteiger partial charge in [-0.25, -0.2) is 4.79 Å². The zero-order chi connectivity index (χ0) is 23.5. The van der Waals surface area contributed by atoms with E-state index >= 15 is 0 Å². The number of aryl methyl sites for hydroxylation is 1. The highest BCUT2D eigenvalue weighted by atomic mass is 19.3. The molecule has 3 rings (SSSR count). The highest BCUT2D eigenvalue weighted by molar-refractivity contribution is 5.90. The van der Waals surface area contributed by atoms with E-state index in [1.54, 1.807) is 6.92 Å². The zero-order valence-electron chi connectivity index (χ0n) is 17.6. The molecule has 2 aromatic rings. The van der Waals surface area contributed by atoms with Gasteiger partial charge in [0.15, 0.2) is 0 Å². The van der Waals surface area contributed by atoms with E-state index in [4.69, 9.17) is 0 Å². The Bertz CT molecular complexity index is 1030. The van der Waals surface area contributed by atoms with Gasteiger partial charge in [0.2, 0.25) is 6.04 Å². The normalized spacial score (nSPS) is 23.0. The molecule has 0 fully saturated rings. The van der Waals surface area contributed by atoms with Crippen molar-refractivity contribution in [3.8, 4) is 5.75 Å². The maximum Gasteiger partial charge on any atom is 0.387 e. The maximum absolute atomic E-state index is 13.0. The third-order valence-electron chi connectivity index (χ3n) is 5.86. The Balaban J connectivity index is 2.13. The summed E-state index contributed by atoms with van der Waals surface area (Å²) in [5.41, 5.74) is -0.123. The number of allylic oxidation sites excluding steroid dienone is 1. The highest BCUT2D eigenvalue weighted by Crippen LogP contribution is 2.45. The Morgan fingerprint density at radius 1 is 1.22 bits per heavy atom. The SMILES string of the molecule is CC1=C(C(=O)O)C(c2ccccc2OC(F)F)C([N+](=O)[O-])C(C)(CCc2ccccc2)N1. The summed E-state index contributed by atoms with van der Waals surface area (Å²) in [5, 5.41) is 25.3. The number of hydrogen-bond acceptors (Lipinski definition) is 5. The number of carboxylic acid groups (broad SMARTS) is 1. The van der Waals surface area contributed by atoms with Crippen LogP contribution in [0.3, 0.4) is 0 Å². The number of ether oxygens (including phenoxy) is 1. The molecule has 170 valence electrons. The predicted molar refractivity (Wildman–Crippen MR) is 113 cm³/mol. The van der Waals surface area contributed by atoms with E-state index in [-0.39, 0.29) is 22.6 Å². The minimum absolute atomic E-state index is 0.0405. The lowest BCUT2D eigenvalue weighted by atomic mass is 9.70. The average Bonchev–Trinajstić information content (AvgIpc) is 2.72. The van der Waals surface area contributed by atoms with Crippen LogP contribution in [0.1, 0.15) is 37.3 Å². The van der Waals surface area contributed by atoms with Gasteiger partial charge in [-0.15, -0.1) is 0 Å². The molecule has 0 bridgehead atoms. The lowest BCUT2D eigenvalue weighted by molar-refractivity contribution is -0.538. The predicted octanol–water partition coefficient (Wildman–Crippen LogP) is 4.37. The van der Waals surface area contributed by atoms with E-state index in [9.17, 15) is 28.8 Å². The summed E-state index contributed by atoms with van der Waals surface area (Å²) in [4.78, 5) is 23.9. The minimum atomic E-state index is -3.16. The lowest BCUT2D eigenvalue weighted by Gasteiger charge is -2.43. The van der Waals surface area contributed by atoms with E-state index < -0.39 is 35.0 Å². The number of hydrogen-bond donors (Lipinski definition) is 2. The standard InChI is InChI=1S/C23H24F2N2O5/c1-14-18(21(28)29)19(16-10-6-7-11-17(16)32-22(24)25)20(27(30)31)23(2,26-14)13-12-15-8-4-3-5-9-15/h3-11,19-20,22,26H,12-13H2,1-2H3,(H,28,29). The van der Waals surface area contributed by atoms with Gasteiger partial charge in [-0.2, -0.15) is 8.78 Å². The second-order valence-corrected chi connectivity index (χ2v) is 8.00. The van der Waals surface area contributed by atoms with Gasteiger partial charge < -0.3 is 15.2 Å². The molecule has 0 aliphatic carbocycles. The monoisotopic (exact) mass is 446 g/mol. The average molecular weight is 446 g/mol. The second-order valence-electron chi connectivity index (χ2n) is 8.00. The summed E-state index contributed by atoms with van der Waals surface area (Å²) < 4.78 is 30.6. The maximum atomic E-state index is 13.0. The number of para-hydroxylation sites is 1. The molecule has 0 saturated heterocycles. The van der Waals surface area contributed by atoms with Gasteiger partial charge in [0.25, 0.3) is 0 Å². The number of nitro groups is 1. The van der Waals surface area contributed by atoms with E-state index in [0.29, 0.717) is 12.8 Å². The van der Waals surface area contributed by atoms with Crippen molar-refractivity contribution >= 4 is 5.97 Å². The molecule has 3 unspecified atom stereocenters. The number of carboxylic acids is 1. The molecule has 7 nitrogen and oxygen atoms in total. The molecular formula is C23H24F2N2O5. The Kier molecular flexibility index (Phi) is 6.76. The highest BCUT2D eigenvalue weighted by Gasteiger charge is 2.55. The van der Waals surface area contributed by atoms with Crippen molar-refractivity contribution in [1.82, 2.24) is 5.32 Å². The van der Waals surface area contributed by atoms with Crippen LogP contribution in [0.5, 0.6) is 5.75 Å². The summed E-state index contributed by atoms with van der Waals surface area (Å²) in [5.74, 6) is -2.93. The largest absolute Gasteiger partial charge is 0.478 e. The Hall–Kier alpha value is -3.49. The fourth-order valence-electron chi connectivity index (χ4n) is 4.50. The second kappa shape index (κ2) is 9.33. The molecule has 1 aliphatic rings. The molecule has 0 aromatic heterocycles. The van der Waals surface area contributed by atoms with Gasteiger partial charge >= 0.3 is 12.6 Å². The van der Waals surface area contributed by atoms with Gasteiger partial charge in [0.1, 0.15) is 11.3 Å². The van der Waals surface area contributed by atoms with Crippen LogP contribution in [-0.4, -0.2) is 34.2 Å². The third kappa shape index (κ3) is 4.71. The van der Waals surface area contributed by atoms with Gasteiger partial charge in [-0.1, -0.05) is 48.5 Å². The molecule has 0 radical (unpaired) electrons. The molecule has 0 saturated carbocycles. The number of alkyl halides is 2. The molecule has 9 heteroatoms. The number of rotatable bonds is 8. The number of aliphatic carboxylic acids is 1. The summed E-state index contributed by atoms with van der Waals surface area (Å²) >= 11 is 0. The first-order valence-electron chi connectivity index (χ1n) is 10.1. The first kappa shape index (κ1) is 23.2. The van der Waals surface area contributed by atoms with Crippen molar-refractivity contribution in [1.29, 1.82) is 0 Å². The molecule has 1 heterocycles. The van der Waals surface area contributed by atoms with Crippen molar-refractivity contribution in [2.45, 2.75) is 50.8 Å². The van der Waals surface area contributed by atoms with Crippen LogP contribution in [-0.2, 0) is 11.2 Å². The van der Waals surface area contributed by atoms with Crippen LogP contribution in [0.25, 0.3) is 0 Å². The number of halogens is 2. The molecule has 3 atom stereocenters. The number of carbonyl (C=O) groups is 1. The van der Waals surface area contributed by atoms with Crippen LogP contribution in [0.4, 0.5) is 8.78 Å². The Morgan fingerprint density at radius 3 is 2.44 bits per heavy atom. The van der Waals surface area contributed by atoms with Crippen LogP contribution >= 0.6 is 0 Å². The van der Waals surface area contributed by atoms with Gasteiger partial charge in [0.05, 0.1) is 11.5 Å². The molecular weight excluding hydrogens is 422 g/mol. The van der Waals surface area contributed by atoms with E-state index in [0.717, 1.165) is 5.56 Å².